The first-order chi connectivity index (χ1) is 9.27. The molecule has 0 fully saturated rings. The maximum atomic E-state index is 11.0. The lowest BCUT2D eigenvalue weighted by atomic mass is 9.86. The van der Waals surface area contributed by atoms with Crippen molar-refractivity contribution in [2.75, 3.05) is 0 Å². The molecule has 2 heteroatoms. The molecule has 1 N–H and O–H groups in total. The Morgan fingerprint density at radius 2 is 1.79 bits per heavy atom. The quantitative estimate of drug-likeness (QED) is 0.742. The van der Waals surface area contributed by atoms with Gasteiger partial charge < -0.3 is 9.52 Å². The van der Waals surface area contributed by atoms with Gasteiger partial charge in [-0.3, -0.25) is 0 Å². The van der Waals surface area contributed by atoms with E-state index >= 15 is 0 Å². The third kappa shape index (κ3) is 3.27. The van der Waals surface area contributed by atoms with E-state index in [4.69, 9.17) is 4.42 Å². The Morgan fingerprint density at radius 3 is 2.42 bits per heavy atom. The molecule has 1 aromatic carbocycles. The minimum atomic E-state index is -1.00. The van der Waals surface area contributed by atoms with E-state index in [9.17, 15) is 5.11 Å². The molecule has 0 aliphatic carbocycles. The van der Waals surface area contributed by atoms with Gasteiger partial charge in [-0.15, -0.1) is 0 Å². The molecular formula is C17H22O2. The second-order valence-corrected chi connectivity index (χ2v) is 5.01. The van der Waals surface area contributed by atoms with E-state index in [1.54, 1.807) is 6.26 Å². The lowest BCUT2D eigenvalue weighted by molar-refractivity contribution is 0.0449. The summed E-state index contributed by atoms with van der Waals surface area (Å²) in [6, 6.07) is 13.5. The van der Waals surface area contributed by atoms with Crippen molar-refractivity contribution in [2.45, 2.75) is 44.6 Å². The summed E-state index contributed by atoms with van der Waals surface area (Å²) in [5.41, 5.74) is -0.0974. The molecule has 1 heterocycles. The maximum absolute atomic E-state index is 11.0. The van der Waals surface area contributed by atoms with Crippen LogP contribution in [0.2, 0.25) is 0 Å². The maximum Gasteiger partial charge on any atom is 0.147 e. The Bertz CT molecular complexity index is 461. The van der Waals surface area contributed by atoms with E-state index in [0.717, 1.165) is 18.4 Å². The van der Waals surface area contributed by atoms with E-state index in [1.165, 1.54) is 12.8 Å². The lowest BCUT2D eigenvalue weighted by Crippen LogP contribution is -2.26. The highest BCUT2D eigenvalue weighted by Crippen LogP contribution is 2.34. The Morgan fingerprint density at radius 1 is 1.00 bits per heavy atom. The lowest BCUT2D eigenvalue weighted by Gasteiger charge is -2.26. The normalized spacial score (nSPS) is 14.2. The zero-order chi connectivity index (χ0) is 13.6. The molecule has 102 valence electrons. The van der Waals surface area contributed by atoms with Crippen molar-refractivity contribution in [1.29, 1.82) is 0 Å². The van der Waals surface area contributed by atoms with Crippen molar-refractivity contribution in [3.05, 3.63) is 60.1 Å². The van der Waals surface area contributed by atoms with E-state index in [0.29, 0.717) is 12.2 Å². The van der Waals surface area contributed by atoms with Crippen LogP contribution in [0.1, 0.15) is 50.4 Å². The highest BCUT2D eigenvalue weighted by molar-refractivity contribution is 5.30. The van der Waals surface area contributed by atoms with Crippen LogP contribution < -0.4 is 0 Å². The first-order valence-corrected chi connectivity index (χ1v) is 7.09. The fraction of sp³-hybridized carbons (Fsp3) is 0.412. The zero-order valence-electron chi connectivity index (χ0n) is 11.5. The molecule has 1 aromatic heterocycles. The first kappa shape index (κ1) is 13.9. The largest absolute Gasteiger partial charge is 0.466 e. The minimum Gasteiger partial charge on any atom is -0.466 e. The molecule has 2 rings (SSSR count). The van der Waals surface area contributed by atoms with Crippen molar-refractivity contribution in [2.24, 2.45) is 0 Å². The zero-order valence-corrected chi connectivity index (χ0v) is 11.5. The average molecular weight is 258 g/mol. The Kier molecular flexibility index (Phi) is 4.80. The predicted molar refractivity (Wildman–Crippen MR) is 76.9 cm³/mol. The monoisotopic (exact) mass is 258 g/mol. The summed E-state index contributed by atoms with van der Waals surface area (Å²) in [4.78, 5) is 0. The summed E-state index contributed by atoms with van der Waals surface area (Å²) >= 11 is 0. The third-order valence-electron chi connectivity index (χ3n) is 3.57. The molecule has 0 spiro atoms. The van der Waals surface area contributed by atoms with Crippen LogP contribution in [0.25, 0.3) is 0 Å². The van der Waals surface area contributed by atoms with Crippen molar-refractivity contribution in [1.82, 2.24) is 0 Å². The minimum absolute atomic E-state index is 0.634. The number of unbranched alkanes of at least 4 members (excludes halogenated alkanes) is 3. The molecule has 0 saturated heterocycles. The molecule has 0 bridgehead atoms. The van der Waals surface area contributed by atoms with Gasteiger partial charge in [0.2, 0.25) is 0 Å². The number of aliphatic hydroxyl groups is 1. The van der Waals surface area contributed by atoms with Crippen molar-refractivity contribution >= 4 is 0 Å². The molecule has 0 amide bonds. The summed E-state index contributed by atoms with van der Waals surface area (Å²) in [6.45, 7) is 2.19. The van der Waals surface area contributed by atoms with Crippen molar-refractivity contribution < 1.29 is 9.52 Å². The highest BCUT2D eigenvalue weighted by Gasteiger charge is 2.33. The van der Waals surface area contributed by atoms with Gasteiger partial charge in [0.05, 0.1) is 6.26 Å². The molecule has 0 aliphatic rings. The molecule has 2 aromatic rings. The summed E-state index contributed by atoms with van der Waals surface area (Å²) in [7, 11) is 0. The molecule has 1 atom stereocenters. The number of furan rings is 1. The third-order valence-corrected chi connectivity index (χ3v) is 3.57. The van der Waals surface area contributed by atoms with Gasteiger partial charge in [-0.25, -0.2) is 0 Å². The van der Waals surface area contributed by atoms with Gasteiger partial charge in [0.1, 0.15) is 11.4 Å². The van der Waals surface area contributed by atoms with Crippen LogP contribution in [-0.4, -0.2) is 5.11 Å². The second-order valence-electron chi connectivity index (χ2n) is 5.01. The van der Waals surface area contributed by atoms with Crippen molar-refractivity contribution in [3.63, 3.8) is 0 Å². The summed E-state index contributed by atoms with van der Waals surface area (Å²) in [6.07, 6.45) is 6.87. The van der Waals surface area contributed by atoms with E-state index in [-0.39, 0.29) is 0 Å². The summed E-state index contributed by atoms with van der Waals surface area (Å²) < 4.78 is 5.46. The van der Waals surface area contributed by atoms with Crippen molar-refractivity contribution in [3.8, 4) is 0 Å². The van der Waals surface area contributed by atoms with Gasteiger partial charge >= 0.3 is 0 Å². The molecule has 2 nitrogen and oxygen atoms in total. The van der Waals surface area contributed by atoms with E-state index < -0.39 is 5.60 Å². The Hall–Kier alpha value is -1.54. The first-order valence-electron chi connectivity index (χ1n) is 7.09. The fourth-order valence-corrected chi connectivity index (χ4v) is 2.45. The van der Waals surface area contributed by atoms with Crippen LogP contribution in [0.4, 0.5) is 0 Å². The number of hydrogen-bond acceptors (Lipinski definition) is 2. The van der Waals surface area contributed by atoms with Crippen LogP contribution in [0.3, 0.4) is 0 Å². The van der Waals surface area contributed by atoms with E-state index in [1.807, 2.05) is 42.5 Å². The van der Waals surface area contributed by atoms with E-state index in [2.05, 4.69) is 6.92 Å². The second kappa shape index (κ2) is 6.58. The summed E-state index contributed by atoms with van der Waals surface area (Å²) in [5.74, 6) is 0.634. The molecular weight excluding hydrogens is 236 g/mol. The van der Waals surface area contributed by atoms with Crippen LogP contribution in [0, 0.1) is 0 Å². The van der Waals surface area contributed by atoms with Gasteiger partial charge in [-0.05, 0) is 30.5 Å². The number of benzene rings is 1. The number of rotatable bonds is 7. The molecule has 0 radical (unpaired) electrons. The van der Waals surface area contributed by atoms with Crippen LogP contribution in [-0.2, 0) is 5.60 Å². The topological polar surface area (TPSA) is 33.4 Å². The number of hydrogen-bond donors (Lipinski definition) is 1. The Labute approximate surface area is 115 Å². The van der Waals surface area contributed by atoms with Crippen LogP contribution in [0.5, 0.6) is 0 Å². The highest BCUT2D eigenvalue weighted by atomic mass is 16.4. The Balaban J connectivity index is 2.19. The van der Waals surface area contributed by atoms with Gasteiger partial charge in [-0.1, -0.05) is 56.5 Å². The van der Waals surface area contributed by atoms with Crippen LogP contribution in [0.15, 0.2) is 53.1 Å². The summed E-state index contributed by atoms with van der Waals surface area (Å²) in [5, 5.41) is 11.0. The fourth-order valence-electron chi connectivity index (χ4n) is 2.45. The standard InChI is InChI=1S/C17H22O2/c1-2-3-4-8-13-17(18,16-12-9-14-19-16)15-10-6-5-7-11-15/h5-7,9-12,14,18H,2-4,8,13H2,1H3/t17-/m0/s1. The molecule has 19 heavy (non-hydrogen) atoms. The smallest absolute Gasteiger partial charge is 0.147 e. The predicted octanol–water partition coefficient (Wildman–Crippen LogP) is 4.49. The van der Waals surface area contributed by atoms with Gasteiger partial charge in [0.25, 0.3) is 0 Å². The van der Waals surface area contributed by atoms with Crippen LogP contribution >= 0.6 is 0 Å². The van der Waals surface area contributed by atoms with Gasteiger partial charge in [0, 0.05) is 0 Å². The SMILES string of the molecule is CCCCCC[C@](O)(c1ccccc1)c1ccco1. The van der Waals surface area contributed by atoms with Gasteiger partial charge in [-0.2, -0.15) is 0 Å². The molecule has 0 unspecified atom stereocenters. The average Bonchev–Trinajstić information content (AvgIpc) is 2.99. The van der Waals surface area contributed by atoms with Gasteiger partial charge in [0.15, 0.2) is 0 Å². The molecule has 0 saturated carbocycles. The molecule has 0 aliphatic heterocycles.